The second kappa shape index (κ2) is 5.96. The number of benzene rings is 1. The predicted molar refractivity (Wildman–Crippen MR) is 79.4 cm³/mol. The smallest absolute Gasteiger partial charge is 0.240 e. The molecule has 0 spiro atoms. The minimum Gasteiger partial charge on any atom is -0.352 e. The molecule has 21 heavy (non-hydrogen) atoms. The van der Waals surface area contributed by atoms with Gasteiger partial charge in [0, 0.05) is 6.04 Å². The van der Waals surface area contributed by atoms with Crippen molar-refractivity contribution in [2.75, 3.05) is 0 Å². The summed E-state index contributed by atoms with van der Waals surface area (Å²) in [6, 6.07) is 10.1. The highest BCUT2D eigenvalue weighted by Gasteiger charge is 2.19. The number of amides is 1. The summed E-state index contributed by atoms with van der Waals surface area (Å²) in [4.78, 5) is 16.7. The summed E-state index contributed by atoms with van der Waals surface area (Å²) in [5.74, 6) is 0.657. The van der Waals surface area contributed by atoms with Gasteiger partial charge in [0.15, 0.2) is 0 Å². The minimum absolute atomic E-state index is 0.00393. The summed E-state index contributed by atoms with van der Waals surface area (Å²) in [6.45, 7) is 0.230. The van der Waals surface area contributed by atoms with Gasteiger partial charge in [-0.15, -0.1) is 0 Å². The third-order valence-corrected chi connectivity index (χ3v) is 3.99. The molecule has 0 unspecified atom stereocenters. The van der Waals surface area contributed by atoms with E-state index in [1.54, 1.807) is 0 Å². The Kier molecular flexibility index (Phi) is 3.87. The largest absolute Gasteiger partial charge is 0.352 e. The first-order valence-electron chi connectivity index (χ1n) is 7.38. The van der Waals surface area contributed by atoms with Gasteiger partial charge in [0.2, 0.25) is 5.91 Å². The monoisotopic (exact) mass is 282 g/mol. The van der Waals surface area contributed by atoms with Crippen LogP contribution in [0.2, 0.25) is 0 Å². The van der Waals surface area contributed by atoms with Gasteiger partial charge in [0.1, 0.15) is 12.4 Å². The fourth-order valence-electron chi connectivity index (χ4n) is 2.99. The molecule has 1 fully saturated rings. The normalized spacial score (nSPS) is 15.2. The maximum atomic E-state index is 12.2. The van der Waals surface area contributed by atoms with Crippen molar-refractivity contribution < 1.29 is 4.79 Å². The third kappa shape index (κ3) is 2.89. The van der Waals surface area contributed by atoms with Gasteiger partial charge in [-0.05, 0) is 25.0 Å². The number of nitrogens with zero attached hydrogens (tertiary/aromatic N) is 3. The summed E-state index contributed by atoms with van der Waals surface area (Å²) in [5.41, 5.74) is 1.74. The maximum absolute atomic E-state index is 12.2. The highest BCUT2D eigenvalue weighted by atomic mass is 16.2. The number of imidazole rings is 1. The zero-order valence-corrected chi connectivity index (χ0v) is 11.9. The number of carbonyl (C=O) groups is 1. The molecule has 2 aromatic rings. The van der Waals surface area contributed by atoms with Gasteiger partial charge < -0.3 is 9.88 Å². The maximum Gasteiger partial charge on any atom is 0.240 e. The fraction of sp³-hybridized carbons (Fsp3) is 0.438. The summed E-state index contributed by atoms with van der Waals surface area (Å²) < 4.78 is 1.85. The van der Waals surface area contributed by atoms with Gasteiger partial charge >= 0.3 is 0 Å². The van der Waals surface area contributed by atoms with Crippen LogP contribution in [0.5, 0.6) is 0 Å². The third-order valence-electron chi connectivity index (χ3n) is 3.99. The number of para-hydroxylation sites is 2. The Bertz CT molecular complexity index is 692. The van der Waals surface area contributed by atoms with E-state index in [0.717, 1.165) is 23.9 Å². The molecule has 3 rings (SSSR count). The van der Waals surface area contributed by atoms with E-state index in [1.807, 2.05) is 28.8 Å². The molecule has 1 amide bonds. The lowest BCUT2D eigenvalue weighted by atomic mass is 10.2. The Morgan fingerprint density at radius 3 is 2.90 bits per heavy atom. The second-order valence-electron chi connectivity index (χ2n) is 5.49. The lowest BCUT2D eigenvalue weighted by Gasteiger charge is -2.13. The van der Waals surface area contributed by atoms with Gasteiger partial charge in [0.05, 0.1) is 23.5 Å². The SMILES string of the molecule is N#CCc1nc2ccccc2n1CC(=O)NC1CCCC1. The lowest BCUT2D eigenvalue weighted by molar-refractivity contribution is -0.122. The van der Waals surface area contributed by atoms with Crippen LogP contribution in [0.15, 0.2) is 24.3 Å². The molecule has 1 aliphatic rings. The van der Waals surface area contributed by atoms with Crippen molar-refractivity contribution in [1.29, 1.82) is 5.26 Å². The summed E-state index contributed by atoms with van der Waals surface area (Å²) in [5, 5.41) is 12.0. The van der Waals surface area contributed by atoms with Gasteiger partial charge in [-0.25, -0.2) is 4.98 Å². The molecule has 0 saturated heterocycles. The molecular weight excluding hydrogens is 264 g/mol. The standard InChI is InChI=1S/C16H18N4O/c17-10-9-15-19-13-7-3-4-8-14(13)20(15)11-16(21)18-12-5-1-2-6-12/h3-4,7-8,12H,1-2,5-6,9,11H2,(H,18,21). The number of rotatable bonds is 4. The molecular formula is C16H18N4O. The van der Waals surface area contributed by atoms with Crippen molar-refractivity contribution in [3.05, 3.63) is 30.1 Å². The van der Waals surface area contributed by atoms with Crippen LogP contribution in [0.25, 0.3) is 11.0 Å². The zero-order chi connectivity index (χ0) is 14.7. The molecule has 0 bridgehead atoms. The molecule has 1 aromatic heterocycles. The number of hydrogen-bond donors (Lipinski definition) is 1. The molecule has 1 aliphatic carbocycles. The van der Waals surface area contributed by atoms with E-state index in [9.17, 15) is 4.79 Å². The number of nitrogens with one attached hydrogen (secondary N) is 1. The fourth-order valence-corrected chi connectivity index (χ4v) is 2.99. The summed E-state index contributed by atoms with van der Waals surface area (Å²) >= 11 is 0. The van der Waals surface area contributed by atoms with Crippen LogP contribution in [0, 0.1) is 11.3 Å². The zero-order valence-electron chi connectivity index (χ0n) is 11.9. The van der Waals surface area contributed by atoms with Crippen LogP contribution in [-0.2, 0) is 17.8 Å². The molecule has 1 N–H and O–H groups in total. The highest BCUT2D eigenvalue weighted by Crippen LogP contribution is 2.19. The van der Waals surface area contributed by atoms with Crippen LogP contribution in [0.1, 0.15) is 31.5 Å². The van der Waals surface area contributed by atoms with Crippen molar-refractivity contribution in [2.24, 2.45) is 0 Å². The summed E-state index contributed by atoms with van der Waals surface area (Å²) in [7, 11) is 0. The molecule has 1 saturated carbocycles. The van der Waals surface area contributed by atoms with Gasteiger partial charge in [-0.1, -0.05) is 25.0 Å². The van der Waals surface area contributed by atoms with Gasteiger partial charge in [-0.3, -0.25) is 4.79 Å². The van der Waals surface area contributed by atoms with Crippen molar-refractivity contribution in [2.45, 2.75) is 44.7 Å². The number of aromatic nitrogens is 2. The average molecular weight is 282 g/mol. The van der Waals surface area contributed by atoms with E-state index in [1.165, 1.54) is 12.8 Å². The molecule has 5 heteroatoms. The van der Waals surface area contributed by atoms with Crippen LogP contribution < -0.4 is 5.32 Å². The second-order valence-corrected chi connectivity index (χ2v) is 5.49. The van der Waals surface area contributed by atoms with Crippen molar-refractivity contribution in [3.63, 3.8) is 0 Å². The molecule has 0 atom stereocenters. The Labute approximate surface area is 123 Å². The van der Waals surface area contributed by atoms with Crippen molar-refractivity contribution in [3.8, 4) is 6.07 Å². The number of nitriles is 1. The van der Waals surface area contributed by atoms with Gasteiger partial charge in [0.25, 0.3) is 0 Å². The van der Waals surface area contributed by atoms with Crippen LogP contribution in [-0.4, -0.2) is 21.5 Å². The molecule has 1 heterocycles. The summed E-state index contributed by atoms with van der Waals surface area (Å²) in [6.07, 6.45) is 4.74. The number of hydrogen-bond acceptors (Lipinski definition) is 3. The van der Waals surface area contributed by atoms with Crippen LogP contribution in [0.4, 0.5) is 0 Å². The molecule has 1 aromatic carbocycles. The average Bonchev–Trinajstić information content (AvgIpc) is 3.08. The van der Waals surface area contributed by atoms with E-state index in [-0.39, 0.29) is 18.9 Å². The minimum atomic E-state index is 0.00393. The van der Waals surface area contributed by atoms with Crippen molar-refractivity contribution >= 4 is 16.9 Å². The quantitative estimate of drug-likeness (QED) is 0.934. The highest BCUT2D eigenvalue weighted by molar-refractivity contribution is 5.81. The van der Waals surface area contributed by atoms with Crippen LogP contribution >= 0.6 is 0 Å². The van der Waals surface area contributed by atoms with E-state index < -0.39 is 0 Å². The Balaban J connectivity index is 1.82. The van der Waals surface area contributed by atoms with Crippen LogP contribution in [0.3, 0.4) is 0 Å². The molecule has 0 radical (unpaired) electrons. The Hall–Kier alpha value is -2.35. The van der Waals surface area contributed by atoms with E-state index in [4.69, 9.17) is 5.26 Å². The van der Waals surface area contributed by atoms with E-state index in [0.29, 0.717) is 11.9 Å². The molecule has 108 valence electrons. The first kappa shape index (κ1) is 13.6. The number of fused-ring (bicyclic) bond motifs is 1. The first-order chi connectivity index (χ1) is 10.3. The molecule has 5 nitrogen and oxygen atoms in total. The molecule has 0 aliphatic heterocycles. The van der Waals surface area contributed by atoms with E-state index in [2.05, 4.69) is 16.4 Å². The predicted octanol–water partition coefficient (Wildman–Crippen LogP) is 2.16. The Morgan fingerprint density at radius 1 is 1.38 bits per heavy atom. The topological polar surface area (TPSA) is 70.7 Å². The number of carbonyl (C=O) groups excluding carboxylic acids is 1. The van der Waals surface area contributed by atoms with E-state index >= 15 is 0 Å². The Morgan fingerprint density at radius 2 is 2.14 bits per heavy atom. The first-order valence-corrected chi connectivity index (χ1v) is 7.38. The lowest BCUT2D eigenvalue weighted by Crippen LogP contribution is -2.35. The van der Waals surface area contributed by atoms with Gasteiger partial charge in [-0.2, -0.15) is 5.26 Å². The van der Waals surface area contributed by atoms with Crippen molar-refractivity contribution in [1.82, 2.24) is 14.9 Å².